The molecule has 1 aromatic carbocycles. The fourth-order valence-corrected chi connectivity index (χ4v) is 1.96. The van der Waals surface area contributed by atoms with Gasteiger partial charge in [0.05, 0.1) is 13.7 Å². The summed E-state index contributed by atoms with van der Waals surface area (Å²) in [6, 6.07) is 7.56. The summed E-state index contributed by atoms with van der Waals surface area (Å²) >= 11 is 0. The number of nitrogens with zero attached hydrogens (tertiary/aromatic N) is 1. The monoisotopic (exact) mass is 321 g/mol. The first-order valence-electron chi connectivity index (χ1n) is 7.44. The van der Waals surface area contributed by atoms with E-state index >= 15 is 0 Å². The second-order valence-corrected chi connectivity index (χ2v) is 5.48. The number of Topliss-reactive ketones (excluding diaryl/α,β-unsaturated/α-hetero) is 1. The molecular weight excluding hydrogens is 298 g/mol. The molecule has 1 aliphatic heterocycles. The Labute approximate surface area is 136 Å². The first-order valence-corrected chi connectivity index (χ1v) is 7.44. The van der Waals surface area contributed by atoms with Crippen molar-refractivity contribution in [1.82, 2.24) is 4.90 Å². The van der Waals surface area contributed by atoms with E-state index in [0.717, 1.165) is 17.9 Å². The SMILES string of the molecule is COc1ccc(C=CC2(OCCN(C)C)OCC(=O)CO2)cc1. The highest BCUT2D eigenvalue weighted by atomic mass is 16.9. The number of rotatable bonds is 7. The molecule has 0 N–H and O–H groups in total. The Morgan fingerprint density at radius 3 is 2.43 bits per heavy atom. The summed E-state index contributed by atoms with van der Waals surface area (Å²) in [6.45, 7) is 1.11. The van der Waals surface area contributed by atoms with Crippen LogP contribution in [-0.2, 0) is 19.0 Å². The summed E-state index contributed by atoms with van der Waals surface area (Å²) in [5, 5.41) is 0. The van der Waals surface area contributed by atoms with Gasteiger partial charge in [-0.25, -0.2) is 0 Å². The average molecular weight is 321 g/mol. The van der Waals surface area contributed by atoms with Gasteiger partial charge in [0.15, 0.2) is 5.78 Å². The van der Waals surface area contributed by atoms with Gasteiger partial charge in [-0.3, -0.25) is 4.79 Å². The van der Waals surface area contributed by atoms with Crippen molar-refractivity contribution in [1.29, 1.82) is 0 Å². The Balaban J connectivity index is 2.06. The minimum Gasteiger partial charge on any atom is -0.497 e. The quantitative estimate of drug-likeness (QED) is 0.759. The number of likely N-dealkylation sites (N-methyl/N-ethyl adjacent to an activating group) is 1. The molecule has 6 nitrogen and oxygen atoms in total. The highest BCUT2D eigenvalue weighted by molar-refractivity contribution is 5.81. The van der Waals surface area contributed by atoms with Crippen molar-refractivity contribution in [2.75, 3.05) is 47.6 Å². The highest BCUT2D eigenvalue weighted by Crippen LogP contribution is 2.23. The summed E-state index contributed by atoms with van der Waals surface area (Å²) in [5.41, 5.74) is 0.950. The maximum atomic E-state index is 11.3. The van der Waals surface area contributed by atoms with E-state index in [1.807, 2.05) is 49.3 Å². The van der Waals surface area contributed by atoms with Gasteiger partial charge in [0, 0.05) is 12.6 Å². The third-order valence-corrected chi connectivity index (χ3v) is 3.31. The molecule has 0 unspecified atom stereocenters. The van der Waals surface area contributed by atoms with E-state index in [4.69, 9.17) is 18.9 Å². The lowest BCUT2D eigenvalue weighted by Gasteiger charge is -2.33. The van der Waals surface area contributed by atoms with E-state index in [1.54, 1.807) is 13.2 Å². The number of methoxy groups -OCH3 is 1. The second-order valence-electron chi connectivity index (χ2n) is 5.48. The van der Waals surface area contributed by atoms with Crippen molar-refractivity contribution >= 4 is 11.9 Å². The van der Waals surface area contributed by atoms with Crippen LogP contribution in [0, 0.1) is 0 Å². The van der Waals surface area contributed by atoms with Crippen LogP contribution in [0.1, 0.15) is 5.56 Å². The van der Waals surface area contributed by atoms with Gasteiger partial charge in [0.25, 0.3) is 0 Å². The number of benzene rings is 1. The van der Waals surface area contributed by atoms with Crippen LogP contribution in [0.25, 0.3) is 6.08 Å². The molecule has 126 valence electrons. The Morgan fingerprint density at radius 2 is 1.87 bits per heavy atom. The fourth-order valence-electron chi connectivity index (χ4n) is 1.96. The smallest absolute Gasteiger partial charge is 0.305 e. The molecule has 6 heteroatoms. The van der Waals surface area contributed by atoms with Gasteiger partial charge in [-0.15, -0.1) is 0 Å². The number of carbonyl (C=O) groups is 1. The summed E-state index contributed by atoms with van der Waals surface area (Å²) in [4.78, 5) is 13.3. The predicted molar refractivity (Wildman–Crippen MR) is 86.2 cm³/mol. The van der Waals surface area contributed by atoms with E-state index in [0.29, 0.717) is 6.61 Å². The summed E-state index contributed by atoms with van der Waals surface area (Å²) in [6.07, 6.45) is 3.53. The van der Waals surface area contributed by atoms with E-state index in [1.165, 1.54) is 0 Å². The predicted octanol–water partition coefficient (Wildman–Crippen LogP) is 1.56. The number of hydrogen-bond acceptors (Lipinski definition) is 6. The zero-order valence-corrected chi connectivity index (χ0v) is 13.8. The summed E-state index contributed by atoms with van der Waals surface area (Å²) in [7, 11) is 5.53. The molecule has 0 atom stereocenters. The zero-order chi connectivity index (χ0) is 16.7. The first kappa shape index (κ1) is 17.6. The number of ether oxygens (including phenoxy) is 4. The molecular formula is C17H23NO5. The standard InChI is InChI=1S/C17H23NO5/c1-18(2)10-11-21-17(22-12-15(19)13-23-17)9-8-14-4-6-16(20-3)7-5-14/h4-9H,10-13H2,1-3H3. The second kappa shape index (κ2) is 8.21. The Bertz CT molecular complexity index is 528. The molecule has 0 aromatic heterocycles. The van der Waals surface area contributed by atoms with Gasteiger partial charge in [-0.05, 0) is 31.8 Å². The van der Waals surface area contributed by atoms with Crippen molar-refractivity contribution in [2.45, 2.75) is 5.97 Å². The van der Waals surface area contributed by atoms with Crippen LogP contribution in [0.4, 0.5) is 0 Å². The van der Waals surface area contributed by atoms with E-state index in [2.05, 4.69) is 0 Å². The van der Waals surface area contributed by atoms with Gasteiger partial charge < -0.3 is 23.8 Å². The Morgan fingerprint density at radius 1 is 1.22 bits per heavy atom. The molecule has 0 radical (unpaired) electrons. The molecule has 0 amide bonds. The van der Waals surface area contributed by atoms with Gasteiger partial charge in [-0.1, -0.05) is 18.2 Å². The Hall–Kier alpha value is -1.73. The number of carbonyl (C=O) groups excluding carboxylic acids is 1. The van der Waals surface area contributed by atoms with Crippen LogP contribution in [0.5, 0.6) is 5.75 Å². The van der Waals surface area contributed by atoms with Gasteiger partial charge in [-0.2, -0.15) is 0 Å². The average Bonchev–Trinajstić information content (AvgIpc) is 2.56. The van der Waals surface area contributed by atoms with Crippen LogP contribution in [0.2, 0.25) is 0 Å². The molecule has 1 saturated heterocycles. The van der Waals surface area contributed by atoms with E-state index in [-0.39, 0.29) is 19.0 Å². The van der Waals surface area contributed by atoms with Crippen LogP contribution >= 0.6 is 0 Å². The fraction of sp³-hybridized carbons (Fsp3) is 0.471. The van der Waals surface area contributed by atoms with Crippen LogP contribution in [0.15, 0.2) is 30.3 Å². The number of ketones is 1. The van der Waals surface area contributed by atoms with Crippen molar-refractivity contribution in [3.05, 3.63) is 35.9 Å². The third-order valence-electron chi connectivity index (χ3n) is 3.31. The summed E-state index contributed by atoms with van der Waals surface area (Å²) < 4.78 is 21.9. The van der Waals surface area contributed by atoms with Crippen molar-refractivity contribution in [2.24, 2.45) is 0 Å². The maximum Gasteiger partial charge on any atom is 0.305 e. The van der Waals surface area contributed by atoms with Gasteiger partial charge in [0.1, 0.15) is 19.0 Å². The lowest BCUT2D eigenvalue weighted by Crippen LogP contribution is -2.46. The zero-order valence-electron chi connectivity index (χ0n) is 13.8. The van der Waals surface area contributed by atoms with Crippen molar-refractivity contribution < 1.29 is 23.7 Å². The van der Waals surface area contributed by atoms with E-state index in [9.17, 15) is 4.79 Å². The van der Waals surface area contributed by atoms with Crippen LogP contribution < -0.4 is 4.74 Å². The molecule has 23 heavy (non-hydrogen) atoms. The maximum absolute atomic E-state index is 11.3. The summed E-state index contributed by atoms with van der Waals surface area (Å²) in [5.74, 6) is -0.631. The van der Waals surface area contributed by atoms with Gasteiger partial charge in [0.2, 0.25) is 0 Å². The third kappa shape index (κ3) is 5.44. The molecule has 1 fully saturated rings. The minimum atomic E-state index is -1.32. The molecule has 1 aromatic rings. The van der Waals surface area contributed by atoms with Crippen LogP contribution in [0.3, 0.4) is 0 Å². The van der Waals surface area contributed by atoms with Crippen molar-refractivity contribution in [3.63, 3.8) is 0 Å². The number of hydrogen-bond donors (Lipinski definition) is 0. The molecule has 0 aliphatic carbocycles. The molecule has 1 aliphatic rings. The lowest BCUT2D eigenvalue weighted by molar-refractivity contribution is -0.356. The normalized spacial score (nSPS) is 17.8. The molecule has 0 spiro atoms. The van der Waals surface area contributed by atoms with Crippen molar-refractivity contribution in [3.8, 4) is 5.75 Å². The van der Waals surface area contributed by atoms with Gasteiger partial charge >= 0.3 is 5.97 Å². The molecule has 1 heterocycles. The molecule has 0 saturated carbocycles. The molecule has 0 bridgehead atoms. The first-order chi connectivity index (χ1) is 11.0. The Kier molecular flexibility index (Phi) is 6.29. The largest absolute Gasteiger partial charge is 0.497 e. The molecule has 2 rings (SSSR count). The minimum absolute atomic E-state index is 0.0189. The van der Waals surface area contributed by atoms with Crippen LogP contribution in [-0.4, -0.2) is 64.2 Å². The van der Waals surface area contributed by atoms with E-state index < -0.39 is 5.97 Å². The lowest BCUT2D eigenvalue weighted by atomic mass is 10.2. The highest BCUT2D eigenvalue weighted by Gasteiger charge is 2.36. The topological polar surface area (TPSA) is 57.2 Å².